The van der Waals surface area contributed by atoms with Crippen LogP contribution in [-0.4, -0.2) is 70.5 Å². The van der Waals surface area contributed by atoms with Gasteiger partial charge in [-0.3, -0.25) is 0 Å². The van der Waals surface area contributed by atoms with E-state index >= 15 is 0 Å². The van der Waals surface area contributed by atoms with Crippen molar-refractivity contribution < 1.29 is 29.9 Å². The zero-order chi connectivity index (χ0) is 21.1. The van der Waals surface area contributed by atoms with Gasteiger partial charge in [-0.25, -0.2) is 0 Å². The molecule has 30 heavy (non-hydrogen) atoms. The summed E-state index contributed by atoms with van der Waals surface area (Å²) in [6.45, 7) is -0.392. The van der Waals surface area contributed by atoms with Crippen LogP contribution >= 0.6 is 0 Å². The van der Waals surface area contributed by atoms with Gasteiger partial charge in [0.25, 0.3) is 0 Å². The van der Waals surface area contributed by atoms with Gasteiger partial charge in [-0.15, -0.1) is 0 Å². The molecule has 2 heterocycles. The molecule has 4 rings (SSSR count). The summed E-state index contributed by atoms with van der Waals surface area (Å²) in [7, 11) is 0. The first kappa shape index (κ1) is 21.0. The van der Waals surface area contributed by atoms with E-state index in [0.29, 0.717) is 12.8 Å². The van der Waals surface area contributed by atoms with Gasteiger partial charge in [-0.05, 0) is 35.4 Å². The molecule has 2 aromatic rings. The average Bonchev–Trinajstić information content (AvgIpc) is 3.30. The molecular formula is C22H28N2O6. The minimum atomic E-state index is -0.661. The summed E-state index contributed by atoms with van der Waals surface area (Å²) in [5, 5.41) is 44.4. The molecule has 2 aromatic carbocycles. The van der Waals surface area contributed by atoms with E-state index in [1.54, 1.807) is 0 Å². The van der Waals surface area contributed by atoms with Crippen molar-refractivity contribution in [3.63, 3.8) is 0 Å². The number of benzene rings is 2. The maximum atomic E-state index is 9.82. The second-order valence-electron chi connectivity index (χ2n) is 7.74. The Hall–Kier alpha value is -2.20. The number of hydrogen-bond acceptors (Lipinski definition) is 8. The summed E-state index contributed by atoms with van der Waals surface area (Å²) < 4.78 is 11.1. The van der Waals surface area contributed by atoms with Gasteiger partial charge in [0.05, 0.1) is 25.4 Å². The minimum Gasteiger partial charge on any atom is -0.394 e. The maximum Gasteiger partial charge on any atom is 0.130 e. The molecule has 0 unspecified atom stereocenters. The van der Waals surface area contributed by atoms with Crippen molar-refractivity contribution in [2.75, 3.05) is 23.8 Å². The average molecular weight is 416 g/mol. The molecule has 0 aliphatic carbocycles. The minimum absolute atomic E-state index is 0.196. The van der Waals surface area contributed by atoms with Gasteiger partial charge in [-0.2, -0.15) is 0 Å². The van der Waals surface area contributed by atoms with E-state index in [2.05, 4.69) is 10.6 Å². The van der Waals surface area contributed by atoms with Crippen molar-refractivity contribution in [3.05, 3.63) is 48.5 Å². The Labute approximate surface area is 175 Å². The van der Waals surface area contributed by atoms with Crippen LogP contribution in [0.1, 0.15) is 12.8 Å². The van der Waals surface area contributed by atoms with Gasteiger partial charge in [0.1, 0.15) is 24.7 Å². The lowest BCUT2D eigenvalue weighted by molar-refractivity contribution is -0.0149. The van der Waals surface area contributed by atoms with Gasteiger partial charge < -0.3 is 40.5 Å². The number of rotatable bonds is 7. The van der Waals surface area contributed by atoms with Crippen LogP contribution in [0, 0.1) is 0 Å². The molecule has 162 valence electrons. The molecule has 2 aliphatic rings. The van der Waals surface area contributed by atoms with Crippen LogP contribution in [0.25, 0.3) is 11.1 Å². The van der Waals surface area contributed by atoms with E-state index in [1.165, 1.54) is 0 Å². The second-order valence-corrected chi connectivity index (χ2v) is 7.74. The highest BCUT2D eigenvalue weighted by molar-refractivity contribution is 5.68. The first-order valence-corrected chi connectivity index (χ1v) is 10.2. The topological polar surface area (TPSA) is 123 Å². The van der Waals surface area contributed by atoms with E-state index < -0.39 is 24.4 Å². The molecule has 0 spiro atoms. The summed E-state index contributed by atoms with van der Waals surface area (Å²) in [5.41, 5.74) is 3.87. The molecule has 6 atom stereocenters. The van der Waals surface area contributed by atoms with Gasteiger partial charge in [0.2, 0.25) is 0 Å². The van der Waals surface area contributed by atoms with Gasteiger partial charge in [0.15, 0.2) is 0 Å². The Morgan fingerprint density at radius 1 is 0.667 bits per heavy atom. The smallest absolute Gasteiger partial charge is 0.130 e. The first-order valence-electron chi connectivity index (χ1n) is 10.2. The third-order valence-corrected chi connectivity index (χ3v) is 5.57. The fraction of sp³-hybridized carbons (Fsp3) is 0.455. The van der Waals surface area contributed by atoms with E-state index in [1.807, 2.05) is 48.5 Å². The van der Waals surface area contributed by atoms with Crippen LogP contribution in [0.3, 0.4) is 0 Å². The SMILES string of the molecule is OC[C@@H]1O[C@@H](Nc2ccc(-c3ccc(N[C@@H]4C[C@@H](O)[C@@H](CO)O4)cc3)cc2)C[C@@H]1O. The summed E-state index contributed by atoms with van der Waals surface area (Å²) in [6, 6.07) is 15.8. The Morgan fingerprint density at radius 3 is 1.33 bits per heavy atom. The molecule has 8 nitrogen and oxygen atoms in total. The van der Waals surface area contributed by atoms with E-state index in [9.17, 15) is 20.4 Å². The quantitative estimate of drug-likeness (QED) is 0.397. The Balaban J connectivity index is 1.33. The number of hydrogen-bond donors (Lipinski definition) is 6. The normalized spacial score (nSPS) is 31.1. The predicted octanol–water partition coefficient (Wildman–Crippen LogP) is 1.11. The molecule has 2 saturated heterocycles. The highest BCUT2D eigenvalue weighted by atomic mass is 16.5. The predicted molar refractivity (Wildman–Crippen MR) is 112 cm³/mol. The Bertz CT molecular complexity index is 746. The van der Waals surface area contributed by atoms with Crippen LogP contribution in [0.2, 0.25) is 0 Å². The van der Waals surface area contributed by atoms with E-state index in [-0.39, 0.29) is 25.7 Å². The third kappa shape index (κ3) is 4.75. The number of nitrogens with one attached hydrogen (secondary N) is 2. The summed E-state index contributed by atoms with van der Waals surface area (Å²) >= 11 is 0. The summed E-state index contributed by atoms with van der Waals surface area (Å²) in [5.74, 6) is 0. The van der Waals surface area contributed by atoms with Crippen molar-refractivity contribution in [1.29, 1.82) is 0 Å². The number of aliphatic hydroxyl groups is 4. The molecule has 0 saturated carbocycles. The lowest BCUT2D eigenvalue weighted by Gasteiger charge is -2.16. The van der Waals surface area contributed by atoms with Crippen LogP contribution in [0.15, 0.2) is 48.5 Å². The number of ether oxygens (including phenoxy) is 2. The highest BCUT2D eigenvalue weighted by Crippen LogP contribution is 2.27. The van der Waals surface area contributed by atoms with E-state index in [0.717, 1.165) is 22.5 Å². The molecule has 8 heteroatoms. The van der Waals surface area contributed by atoms with Crippen molar-refractivity contribution in [1.82, 2.24) is 0 Å². The first-order chi connectivity index (χ1) is 14.6. The fourth-order valence-electron chi connectivity index (χ4n) is 3.86. The molecule has 6 N–H and O–H groups in total. The van der Waals surface area contributed by atoms with E-state index in [4.69, 9.17) is 9.47 Å². The van der Waals surface area contributed by atoms with Crippen LogP contribution < -0.4 is 10.6 Å². The Morgan fingerprint density at radius 2 is 1.03 bits per heavy atom. The zero-order valence-corrected chi connectivity index (χ0v) is 16.5. The van der Waals surface area contributed by atoms with Crippen LogP contribution in [0.5, 0.6) is 0 Å². The van der Waals surface area contributed by atoms with Crippen LogP contribution in [0.4, 0.5) is 11.4 Å². The Kier molecular flexibility index (Phi) is 6.52. The van der Waals surface area contributed by atoms with Crippen molar-refractivity contribution >= 4 is 11.4 Å². The second kappa shape index (κ2) is 9.30. The third-order valence-electron chi connectivity index (χ3n) is 5.57. The van der Waals surface area contributed by atoms with Gasteiger partial charge in [0, 0.05) is 24.2 Å². The zero-order valence-electron chi connectivity index (χ0n) is 16.5. The summed E-state index contributed by atoms with van der Waals surface area (Å²) in [4.78, 5) is 0. The maximum absolute atomic E-state index is 9.82. The molecule has 0 amide bonds. The fourth-order valence-corrected chi connectivity index (χ4v) is 3.86. The lowest BCUT2D eigenvalue weighted by atomic mass is 10.0. The largest absolute Gasteiger partial charge is 0.394 e. The summed E-state index contributed by atoms with van der Waals surface area (Å²) in [6.07, 6.45) is -2.18. The molecule has 0 aromatic heterocycles. The lowest BCUT2D eigenvalue weighted by Crippen LogP contribution is -2.25. The van der Waals surface area contributed by atoms with Crippen molar-refractivity contribution in [2.45, 2.75) is 49.7 Å². The van der Waals surface area contributed by atoms with Crippen molar-refractivity contribution in [3.8, 4) is 11.1 Å². The van der Waals surface area contributed by atoms with Crippen LogP contribution in [-0.2, 0) is 9.47 Å². The monoisotopic (exact) mass is 416 g/mol. The van der Waals surface area contributed by atoms with Gasteiger partial charge in [-0.1, -0.05) is 24.3 Å². The molecule has 0 radical (unpaired) electrons. The number of anilines is 2. The molecule has 2 aliphatic heterocycles. The number of aliphatic hydroxyl groups excluding tert-OH is 4. The highest BCUT2D eigenvalue weighted by Gasteiger charge is 2.34. The van der Waals surface area contributed by atoms with Crippen molar-refractivity contribution in [2.24, 2.45) is 0 Å². The van der Waals surface area contributed by atoms with Gasteiger partial charge >= 0.3 is 0 Å². The molecular weight excluding hydrogens is 388 g/mol. The molecule has 2 fully saturated rings. The standard InChI is InChI=1S/C22H28N2O6/c25-11-19-17(27)9-21(29-19)23-15-5-1-13(2-6-15)14-3-7-16(8-4-14)24-22-10-18(28)20(12-26)30-22/h1-8,17-28H,9-12H2/t17-,18+,19-,20+,21+,22-. The molecule has 0 bridgehead atoms.